The van der Waals surface area contributed by atoms with Gasteiger partial charge in [0.25, 0.3) is 0 Å². The second kappa shape index (κ2) is 5.46. The van der Waals surface area contributed by atoms with E-state index in [1.54, 1.807) is 33.0 Å². The largest absolute Gasteiger partial charge is 0.459 e. The SMILES string of the molecule is Cc1ccncc1[C@H](O)[C@H](N)C(=O)OC(C)(C)C. The van der Waals surface area contributed by atoms with Crippen LogP contribution in [0.25, 0.3) is 0 Å². The molecule has 0 saturated heterocycles. The van der Waals surface area contributed by atoms with E-state index in [1.807, 2.05) is 6.92 Å². The fourth-order valence-electron chi connectivity index (χ4n) is 1.48. The van der Waals surface area contributed by atoms with Crippen molar-refractivity contribution < 1.29 is 14.6 Å². The fourth-order valence-corrected chi connectivity index (χ4v) is 1.48. The van der Waals surface area contributed by atoms with E-state index < -0.39 is 23.7 Å². The van der Waals surface area contributed by atoms with E-state index in [9.17, 15) is 9.90 Å². The molecular formula is C13H20N2O3. The minimum absolute atomic E-state index is 0.538. The van der Waals surface area contributed by atoms with Crippen molar-refractivity contribution in [3.63, 3.8) is 0 Å². The van der Waals surface area contributed by atoms with Crippen LogP contribution in [-0.2, 0) is 9.53 Å². The van der Waals surface area contributed by atoms with Gasteiger partial charge in [-0.05, 0) is 39.3 Å². The monoisotopic (exact) mass is 252 g/mol. The number of aliphatic hydroxyl groups is 1. The van der Waals surface area contributed by atoms with Crippen molar-refractivity contribution >= 4 is 5.97 Å². The Morgan fingerprint density at radius 2 is 2.11 bits per heavy atom. The maximum atomic E-state index is 11.8. The summed E-state index contributed by atoms with van der Waals surface area (Å²) < 4.78 is 5.14. The highest BCUT2D eigenvalue weighted by Gasteiger charge is 2.29. The second-order valence-electron chi connectivity index (χ2n) is 5.24. The maximum Gasteiger partial charge on any atom is 0.326 e. The van der Waals surface area contributed by atoms with Crippen LogP contribution in [0.1, 0.15) is 38.0 Å². The summed E-state index contributed by atoms with van der Waals surface area (Å²) in [6.07, 6.45) is 2.00. The molecule has 2 atom stereocenters. The van der Waals surface area contributed by atoms with Gasteiger partial charge in [0.05, 0.1) is 0 Å². The van der Waals surface area contributed by atoms with Crippen molar-refractivity contribution in [2.45, 2.75) is 45.4 Å². The van der Waals surface area contributed by atoms with Crippen LogP contribution in [0.5, 0.6) is 0 Å². The average Bonchev–Trinajstić information content (AvgIpc) is 2.25. The third-order valence-corrected chi connectivity index (χ3v) is 2.42. The number of rotatable bonds is 3. The zero-order valence-electron chi connectivity index (χ0n) is 11.2. The Morgan fingerprint density at radius 3 is 2.61 bits per heavy atom. The summed E-state index contributed by atoms with van der Waals surface area (Å²) in [6.45, 7) is 7.07. The molecule has 1 rings (SSSR count). The Balaban J connectivity index is 2.82. The highest BCUT2D eigenvalue weighted by Crippen LogP contribution is 2.20. The first-order chi connectivity index (χ1) is 8.22. The van der Waals surface area contributed by atoms with Crippen LogP contribution in [0.2, 0.25) is 0 Å². The van der Waals surface area contributed by atoms with Crippen LogP contribution in [-0.4, -0.2) is 27.7 Å². The molecule has 0 bridgehead atoms. The summed E-state index contributed by atoms with van der Waals surface area (Å²) in [7, 11) is 0. The Bertz CT molecular complexity index is 426. The predicted molar refractivity (Wildman–Crippen MR) is 67.8 cm³/mol. The summed E-state index contributed by atoms with van der Waals surface area (Å²) in [5.74, 6) is -0.627. The van der Waals surface area contributed by atoms with Gasteiger partial charge in [-0.3, -0.25) is 9.78 Å². The standard InChI is InChI=1S/C13H20N2O3/c1-8-5-6-15-7-9(8)11(16)10(14)12(17)18-13(2,3)4/h5-7,10-11,16H,14H2,1-4H3/t10-,11-/m0/s1. The van der Waals surface area contributed by atoms with E-state index in [4.69, 9.17) is 10.5 Å². The zero-order valence-corrected chi connectivity index (χ0v) is 11.2. The number of carbonyl (C=O) groups is 1. The average molecular weight is 252 g/mol. The molecule has 1 heterocycles. The van der Waals surface area contributed by atoms with E-state index in [1.165, 1.54) is 6.20 Å². The van der Waals surface area contributed by atoms with Gasteiger partial charge in [-0.15, -0.1) is 0 Å². The number of aliphatic hydroxyl groups excluding tert-OH is 1. The number of nitrogens with zero attached hydrogens (tertiary/aromatic N) is 1. The van der Waals surface area contributed by atoms with Gasteiger partial charge in [-0.1, -0.05) is 0 Å². The van der Waals surface area contributed by atoms with Crippen molar-refractivity contribution in [3.8, 4) is 0 Å². The Hall–Kier alpha value is -1.46. The van der Waals surface area contributed by atoms with Crippen LogP contribution in [0.3, 0.4) is 0 Å². The summed E-state index contributed by atoms with van der Waals surface area (Å²) in [6, 6.07) is 0.632. The number of carbonyl (C=O) groups excluding carboxylic acids is 1. The van der Waals surface area contributed by atoms with Gasteiger partial charge in [0.2, 0.25) is 0 Å². The highest BCUT2D eigenvalue weighted by molar-refractivity contribution is 5.77. The zero-order chi connectivity index (χ0) is 13.9. The van der Waals surface area contributed by atoms with Gasteiger partial charge in [0.1, 0.15) is 17.7 Å². The number of aromatic nitrogens is 1. The van der Waals surface area contributed by atoms with Crippen molar-refractivity contribution in [1.82, 2.24) is 4.98 Å². The van der Waals surface area contributed by atoms with Crippen LogP contribution in [0.4, 0.5) is 0 Å². The van der Waals surface area contributed by atoms with Crippen LogP contribution < -0.4 is 5.73 Å². The van der Waals surface area contributed by atoms with Gasteiger partial charge in [0, 0.05) is 18.0 Å². The Labute approximate surface area is 107 Å². The van der Waals surface area contributed by atoms with Crippen LogP contribution in [0, 0.1) is 6.92 Å². The first kappa shape index (κ1) is 14.6. The summed E-state index contributed by atoms with van der Waals surface area (Å²) in [5.41, 5.74) is 6.46. The molecule has 3 N–H and O–H groups in total. The van der Waals surface area contributed by atoms with Gasteiger partial charge in [-0.25, -0.2) is 0 Å². The highest BCUT2D eigenvalue weighted by atomic mass is 16.6. The van der Waals surface area contributed by atoms with E-state index in [0.29, 0.717) is 5.56 Å². The van der Waals surface area contributed by atoms with Crippen molar-refractivity contribution in [1.29, 1.82) is 0 Å². The number of esters is 1. The molecule has 0 fully saturated rings. The lowest BCUT2D eigenvalue weighted by Crippen LogP contribution is -2.41. The molecule has 0 amide bonds. The summed E-state index contributed by atoms with van der Waals surface area (Å²) in [5, 5.41) is 10.1. The normalized spacial score (nSPS) is 15.0. The predicted octanol–water partition coefficient (Wildman–Crippen LogP) is 1.09. The third-order valence-electron chi connectivity index (χ3n) is 2.42. The molecule has 0 spiro atoms. The minimum atomic E-state index is -1.12. The molecule has 5 heteroatoms. The van der Waals surface area contributed by atoms with E-state index >= 15 is 0 Å². The van der Waals surface area contributed by atoms with Crippen molar-refractivity contribution in [3.05, 3.63) is 29.6 Å². The topological polar surface area (TPSA) is 85.4 Å². The number of ether oxygens (including phenoxy) is 1. The molecule has 0 radical (unpaired) electrons. The minimum Gasteiger partial charge on any atom is -0.459 e. The molecule has 100 valence electrons. The Morgan fingerprint density at radius 1 is 1.50 bits per heavy atom. The third kappa shape index (κ3) is 3.78. The molecular weight excluding hydrogens is 232 g/mol. The number of hydrogen-bond donors (Lipinski definition) is 2. The van der Waals surface area contributed by atoms with Gasteiger partial charge in [0.15, 0.2) is 0 Å². The molecule has 0 aliphatic carbocycles. The van der Waals surface area contributed by atoms with Crippen molar-refractivity contribution in [2.24, 2.45) is 5.73 Å². The molecule has 0 aliphatic rings. The van der Waals surface area contributed by atoms with E-state index in [-0.39, 0.29) is 0 Å². The molecule has 0 aromatic carbocycles. The second-order valence-corrected chi connectivity index (χ2v) is 5.24. The Kier molecular flexibility index (Phi) is 4.43. The van der Waals surface area contributed by atoms with Crippen molar-refractivity contribution in [2.75, 3.05) is 0 Å². The first-order valence-electron chi connectivity index (χ1n) is 5.79. The lowest BCUT2D eigenvalue weighted by atomic mass is 10.0. The quantitative estimate of drug-likeness (QED) is 0.787. The summed E-state index contributed by atoms with van der Waals surface area (Å²) >= 11 is 0. The lowest BCUT2D eigenvalue weighted by Gasteiger charge is -2.25. The molecule has 18 heavy (non-hydrogen) atoms. The van der Waals surface area contributed by atoms with E-state index in [2.05, 4.69) is 4.98 Å². The maximum absolute atomic E-state index is 11.8. The first-order valence-corrected chi connectivity index (χ1v) is 5.79. The molecule has 0 saturated carbocycles. The smallest absolute Gasteiger partial charge is 0.326 e. The number of hydrogen-bond acceptors (Lipinski definition) is 5. The van der Waals surface area contributed by atoms with Crippen LogP contribution in [0.15, 0.2) is 18.5 Å². The van der Waals surface area contributed by atoms with E-state index in [0.717, 1.165) is 5.56 Å². The lowest BCUT2D eigenvalue weighted by molar-refractivity contribution is -0.159. The van der Waals surface area contributed by atoms with Gasteiger partial charge in [-0.2, -0.15) is 0 Å². The number of aryl methyl sites for hydroxylation is 1. The molecule has 0 aliphatic heterocycles. The van der Waals surface area contributed by atoms with Crippen LogP contribution >= 0.6 is 0 Å². The fraction of sp³-hybridized carbons (Fsp3) is 0.538. The van der Waals surface area contributed by atoms with Gasteiger partial charge < -0.3 is 15.6 Å². The molecule has 1 aromatic rings. The number of pyridine rings is 1. The molecule has 1 aromatic heterocycles. The molecule has 0 unspecified atom stereocenters. The van der Waals surface area contributed by atoms with Gasteiger partial charge >= 0.3 is 5.97 Å². The molecule has 5 nitrogen and oxygen atoms in total. The number of nitrogens with two attached hydrogens (primary N) is 1. The summed E-state index contributed by atoms with van der Waals surface area (Å²) in [4.78, 5) is 15.7.